The van der Waals surface area contributed by atoms with Crippen molar-refractivity contribution >= 4 is 202 Å². The summed E-state index contributed by atoms with van der Waals surface area (Å²) >= 11 is 0. The van der Waals surface area contributed by atoms with E-state index in [4.69, 9.17) is 61.3 Å². The molecule has 0 atom stereocenters. The Bertz CT molecular complexity index is 828. The number of aliphatic hydroxyl groups is 3. The molecule has 0 aromatic rings. The summed E-state index contributed by atoms with van der Waals surface area (Å²) in [6.45, 7) is 0. The van der Waals surface area contributed by atoms with Crippen LogP contribution in [0.3, 0.4) is 0 Å². The van der Waals surface area contributed by atoms with Gasteiger partial charge in [0.2, 0.25) is 0 Å². The first-order chi connectivity index (χ1) is 17.3. The molecule has 12 N–H and O–H groups in total. The van der Waals surface area contributed by atoms with Gasteiger partial charge in [0.15, 0.2) is 16.8 Å². The van der Waals surface area contributed by atoms with Crippen LogP contribution >= 0.6 is 0 Å². The zero-order valence-corrected chi connectivity index (χ0v) is 19.3. The first kappa shape index (κ1) is 62.9. The quantitative estimate of drug-likeness (QED) is 0.0707. The van der Waals surface area contributed by atoms with Crippen molar-refractivity contribution in [3.05, 3.63) is 0 Å². The van der Waals surface area contributed by atoms with Crippen LogP contribution in [-0.2, 0) is 43.2 Å². The van der Waals surface area contributed by atoms with E-state index in [1.807, 2.05) is 0 Å². The van der Waals surface area contributed by atoms with Gasteiger partial charge in [-0.15, -0.1) is 0 Å². The maximum atomic E-state index is 10.3. The summed E-state index contributed by atoms with van der Waals surface area (Å²) in [5, 5.41) is 101. The second-order valence-electron chi connectivity index (χ2n) is 7.43. The number of hydrogen-bond acceptors (Lipinski definition) is 12. The molecular weight excluding hydrogens is 667 g/mol. The molecule has 0 unspecified atom stereocenters. The number of hydrogen-bond donors (Lipinski definition) is 12. The molecule has 44 heavy (non-hydrogen) atoms. The van der Waals surface area contributed by atoms with Gasteiger partial charge in [0.05, 0.1) is 38.5 Å². The molecule has 0 radical (unpaired) electrons. The summed E-state index contributed by atoms with van der Waals surface area (Å²) in [7, 11) is 0. The summed E-state index contributed by atoms with van der Waals surface area (Å²) in [6, 6.07) is 0. The van der Waals surface area contributed by atoms with Gasteiger partial charge in [-0.1, -0.05) is 0 Å². The maximum absolute atomic E-state index is 10.3. The third kappa shape index (κ3) is 30.7. The molecule has 0 aromatic heterocycles. The molecule has 21 nitrogen and oxygen atoms in total. The molecule has 0 fully saturated rings. The van der Waals surface area contributed by atoms with Gasteiger partial charge in [0.25, 0.3) is 0 Å². The van der Waals surface area contributed by atoms with Crippen molar-refractivity contribution in [2.75, 3.05) is 0 Å². The van der Waals surface area contributed by atoms with Crippen molar-refractivity contribution in [1.82, 2.24) is 0 Å². The monoisotopic (exact) mass is 696 g/mol. The Morgan fingerprint density at radius 1 is 0.295 bits per heavy atom. The molecule has 0 saturated heterocycles. The zero-order chi connectivity index (χ0) is 31.9. The molecule has 0 aliphatic carbocycles. The van der Waals surface area contributed by atoms with Crippen molar-refractivity contribution in [3.8, 4) is 0 Å². The normalized spacial score (nSPS) is 9.61. The predicted molar refractivity (Wildman–Crippen MR) is 147 cm³/mol. The van der Waals surface area contributed by atoms with E-state index >= 15 is 0 Å². The molecule has 0 bridgehead atoms. The van der Waals surface area contributed by atoms with Crippen LogP contribution in [-0.4, -0.2) is 280 Å². The van der Waals surface area contributed by atoms with E-state index in [9.17, 15) is 43.2 Å². The number of carboxylic acid groups (broad SMARTS) is 9. The molecule has 0 saturated carbocycles. The molecule has 0 aromatic carbocycles. The Labute approximate surface area is 356 Å². The molecular formula is C18H29Na5O21. The standard InChI is InChI=1S/3C6H8O7.5Na.5H/c3*7-3(8)1-6(13,5(11)12)2-4(9)10;;;;;;;;;;/h3*13H,1-2H2,(H,7,8)(H,9,10)(H,11,12);;;;;;;;;;. The van der Waals surface area contributed by atoms with E-state index in [-0.39, 0.29) is 148 Å². The second-order valence-corrected chi connectivity index (χ2v) is 7.43. The van der Waals surface area contributed by atoms with Crippen LogP contribution in [0.15, 0.2) is 0 Å². The van der Waals surface area contributed by atoms with Crippen LogP contribution in [0, 0.1) is 0 Å². The average molecular weight is 696 g/mol. The summed E-state index contributed by atoms with van der Waals surface area (Å²) in [6.07, 6.45) is -6.87. The van der Waals surface area contributed by atoms with Gasteiger partial charge >= 0.3 is 202 Å². The molecule has 26 heteroatoms. The Kier molecular flexibility index (Phi) is 41.8. The van der Waals surface area contributed by atoms with E-state index in [2.05, 4.69) is 0 Å². The number of rotatable bonds is 15. The van der Waals surface area contributed by atoms with Gasteiger partial charge in [-0.3, -0.25) is 28.8 Å². The Morgan fingerprint density at radius 2 is 0.386 bits per heavy atom. The summed E-state index contributed by atoms with van der Waals surface area (Å²) in [4.78, 5) is 91.5. The van der Waals surface area contributed by atoms with E-state index in [0.717, 1.165) is 0 Å². The fraction of sp³-hybridized carbons (Fsp3) is 0.500. The fourth-order valence-corrected chi connectivity index (χ4v) is 2.14. The van der Waals surface area contributed by atoms with Gasteiger partial charge < -0.3 is 61.3 Å². The first-order valence-electron chi connectivity index (χ1n) is 9.51. The number of carbonyl (C=O) groups is 9. The SMILES string of the molecule is O=C(O)CC(O)(CC(=O)O)C(=O)O.O=C(O)CC(O)(CC(=O)O)C(=O)O.O=C(O)CC(O)(CC(=O)O)C(=O)O.[NaH].[NaH].[NaH].[NaH].[NaH]. The van der Waals surface area contributed by atoms with Crippen molar-refractivity contribution < 1.29 is 104 Å². The first-order valence-corrected chi connectivity index (χ1v) is 9.51. The van der Waals surface area contributed by atoms with E-state index < -0.39 is 109 Å². The van der Waals surface area contributed by atoms with Crippen LogP contribution < -0.4 is 0 Å². The topological polar surface area (TPSA) is 396 Å². The summed E-state index contributed by atoms with van der Waals surface area (Å²) in [5.41, 5.74) is -8.22. The summed E-state index contributed by atoms with van der Waals surface area (Å²) < 4.78 is 0. The molecule has 0 heterocycles. The van der Waals surface area contributed by atoms with Crippen LogP contribution in [0.2, 0.25) is 0 Å². The summed E-state index contributed by atoms with van der Waals surface area (Å²) in [5.74, 6) is -15.1. The fourth-order valence-electron chi connectivity index (χ4n) is 2.14. The Hall–Kier alpha value is 0.110. The van der Waals surface area contributed by atoms with Crippen LogP contribution in [0.1, 0.15) is 38.5 Å². The molecule has 0 rings (SSSR count). The second kappa shape index (κ2) is 29.3. The Morgan fingerprint density at radius 3 is 0.432 bits per heavy atom. The number of carboxylic acids is 9. The molecule has 0 spiro atoms. The van der Waals surface area contributed by atoms with Crippen molar-refractivity contribution in [1.29, 1.82) is 0 Å². The van der Waals surface area contributed by atoms with E-state index in [1.165, 1.54) is 0 Å². The molecule has 0 amide bonds. The van der Waals surface area contributed by atoms with Gasteiger partial charge in [0.1, 0.15) is 0 Å². The molecule has 0 aliphatic heterocycles. The van der Waals surface area contributed by atoms with Crippen LogP contribution in [0.4, 0.5) is 0 Å². The predicted octanol–water partition coefficient (Wildman–Crippen LogP) is -6.99. The van der Waals surface area contributed by atoms with Crippen molar-refractivity contribution in [2.45, 2.75) is 55.3 Å². The molecule has 0 aliphatic rings. The van der Waals surface area contributed by atoms with Gasteiger partial charge in [0, 0.05) is 0 Å². The van der Waals surface area contributed by atoms with E-state index in [0.29, 0.717) is 0 Å². The third-order valence-corrected chi connectivity index (χ3v) is 3.86. The third-order valence-electron chi connectivity index (χ3n) is 3.86. The van der Waals surface area contributed by atoms with Gasteiger partial charge in [-0.25, -0.2) is 14.4 Å². The van der Waals surface area contributed by atoms with Crippen molar-refractivity contribution in [2.24, 2.45) is 0 Å². The number of aliphatic carboxylic acids is 9. The Balaban J connectivity index is -0.0000000697. The van der Waals surface area contributed by atoms with Crippen LogP contribution in [0.25, 0.3) is 0 Å². The van der Waals surface area contributed by atoms with E-state index in [1.54, 1.807) is 0 Å². The van der Waals surface area contributed by atoms with Gasteiger partial charge in [-0.2, -0.15) is 0 Å². The average Bonchev–Trinajstić information content (AvgIpc) is 2.64. The van der Waals surface area contributed by atoms with Crippen LogP contribution in [0.5, 0.6) is 0 Å². The minimum atomic E-state index is -2.74. The van der Waals surface area contributed by atoms with Gasteiger partial charge in [-0.05, 0) is 0 Å². The van der Waals surface area contributed by atoms with Crippen molar-refractivity contribution in [3.63, 3.8) is 0 Å². The zero-order valence-electron chi connectivity index (χ0n) is 19.3. The minimum absolute atomic E-state index is 0. The molecule has 232 valence electrons.